The minimum absolute atomic E-state index is 0.540. The van der Waals surface area contributed by atoms with Gasteiger partial charge in [-0.05, 0) is 78.2 Å². The van der Waals surface area contributed by atoms with Gasteiger partial charge in [-0.3, -0.25) is 4.57 Å². The maximum Gasteiger partial charge on any atom is 0.238 e. The number of benzene rings is 6. The van der Waals surface area contributed by atoms with Crippen LogP contribution in [0.2, 0.25) is 0 Å². The number of rotatable bonds is 5. The quantitative estimate of drug-likeness (QED) is 0.174. The summed E-state index contributed by atoms with van der Waals surface area (Å²) in [5, 5.41) is 7.15. The second-order valence-corrected chi connectivity index (χ2v) is 12.4. The minimum Gasteiger partial charge on any atom is -0.497 e. The molecule has 0 radical (unpaired) electrons. The summed E-state index contributed by atoms with van der Waals surface area (Å²) in [6.07, 6.45) is 0. The normalized spacial score (nSPS) is 11.8. The number of hydrogen-bond donors (Lipinski definition) is 0. The summed E-state index contributed by atoms with van der Waals surface area (Å²) in [6, 6.07) is 48.3. The maximum absolute atomic E-state index is 5.44. The second-order valence-electron chi connectivity index (χ2n) is 12.4. The predicted octanol–water partition coefficient (Wildman–Crippen LogP) is 10.0. The van der Waals surface area contributed by atoms with E-state index in [9.17, 15) is 0 Å². The fourth-order valence-corrected chi connectivity index (χ4v) is 7.45. The molecule has 0 atom stereocenters. The molecule has 50 heavy (non-hydrogen) atoms. The van der Waals surface area contributed by atoms with E-state index in [1.165, 1.54) is 32.6 Å². The van der Waals surface area contributed by atoms with Gasteiger partial charge in [0.2, 0.25) is 5.95 Å². The van der Waals surface area contributed by atoms with Crippen molar-refractivity contribution in [3.05, 3.63) is 140 Å². The standard InChI is InChI=1S/C43H29N5O2/c1-49-29-20-15-26(16-21-29)41-44-42(27-17-22-30(50-2)23-18-27)46-43(45-41)48-36-14-8-6-12-34(36)39-37(48)24-19-28-25-38-33-11-4-3-9-31(33)32-10-5-7-13-35(32)47(38)40(28)39/h3-25H,1-2H3. The van der Waals surface area contributed by atoms with Crippen LogP contribution in [0.4, 0.5) is 0 Å². The molecule has 0 bridgehead atoms. The van der Waals surface area contributed by atoms with Crippen molar-refractivity contribution in [1.82, 2.24) is 23.9 Å². The molecule has 238 valence electrons. The van der Waals surface area contributed by atoms with Crippen molar-refractivity contribution in [2.45, 2.75) is 0 Å². The molecule has 0 amide bonds. The SMILES string of the molecule is COc1ccc(-c2nc(-c3ccc(OC)cc3)nc(-n3c4ccccc4c4c3ccc3cc5c6ccccc6c6ccccc6n5c34)n2)cc1. The Labute approximate surface area is 286 Å². The molecule has 10 rings (SSSR count). The zero-order chi connectivity index (χ0) is 33.3. The first-order chi connectivity index (χ1) is 24.7. The molecule has 0 aliphatic carbocycles. The highest BCUT2D eigenvalue weighted by molar-refractivity contribution is 6.24. The Hall–Kier alpha value is -6.73. The van der Waals surface area contributed by atoms with Gasteiger partial charge in [0.05, 0.1) is 41.8 Å². The van der Waals surface area contributed by atoms with E-state index in [-0.39, 0.29) is 0 Å². The number of para-hydroxylation sites is 2. The number of pyridine rings is 1. The van der Waals surface area contributed by atoms with Crippen LogP contribution in [0.5, 0.6) is 11.5 Å². The number of hydrogen-bond acceptors (Lipinski definition) is 5. The highest BCUT2D eigenvalue weighted by Crippen LogP contribution is 2.41. The molecular weight excluding hydrogens is 619 g/mol. The molecule has 7 heteroatoms. The van der Waals surface area contributed by atoms with Crippen molar-refractivity contribution < 1.29 is 9.47 Å². The van der Waals surface area contributed by atoms with Gasteiger partial charge in [-0.2, -0.15) is 9.97 Å². The summed E-state index contributed by atoms with van der Waals surface area (Å²) >= 11 is 0. The first kappa shape index (κ1) is 28.3. The molecule has 0 N–H and O–H groups in total. The summed E-state index contributed by atoms with van der Waals surface area (Å²) in [7, 11) is 3.33. The van der Waals surface area contributed by atoms with Crippen LogP contribution < -0.4 is 9.47 Å². The third-order valence-corrected chi connectivity index (χ3v) is 9.76. The Balaban J connectivity index is 1.32. The van der Waals surface area contributed by atoms with Gasteiger partial charge in [0, 0.05) is 38.1 Å². The Morgan fingerprint density at radius 3 is 1.62 bits per heavy atom. The minimum atomic E-state index is 0.540. The van der Waals surface area contributed by atoms with Gasteiger partial charge in [0.25, 0.3) is 0 Å². The monoisotopic (exact) mass is 647 g/mol. The van der Waals surface area contributed by atoms with Crippen molar-refractivity contribution in [3.63, 3.8) is 0 Å². The molecule has 0 spiro atoms. The molecule has 0 saturated carbocycles. The lowest BCUT2D eigenvalue weighted by molar-refractivity contribution is 0.415. The summed E-state index contributed by atoms with van der Waals surface area (Å²) < 4.78 is 15.5. The summed E-state index contributed by atoms with van der Waals surface area (Å²) in [5.41, 5.74) is 7.28. The zero-order valence-corrected chi connectivity index (χ0v) is 27.3. The van der Waals surface area contributed by atoms with E-state index < -0.39 is 0 Å². The lowest BCUT2D eigenvalue weighted by Gasteiger charge is -2.12. The van der Waals surface area contributed by atoms with Gasteiger partial charge >= 0.3 is 0 Å². The zero-order valence-electron chi connectivity index (χ0n) is 27.3. The first-order valence-corrected chi connectivity index (χ1v) is 16.5. The molecule has 0 saturated heterocycles. The Morgan fingerprint density at radius 2 is 1.00 bits per heavy atom. The van der Waals surface area contributed by atoms with Crippen LogP contribution >= 0.6 is 0 Å². The maximum atomic E-state index is 5.44. The number of ether oxygens (including phenoxy) is 2. The van der Waals surface area contributed by atoms with Crippen LogP contribution in [0, 0.1) is 0 Å². The highest BCUT2D eigenvalue weighted by atomic mass is 16.5. The second kappa shape index (κ2) is 10.9. The van der Waals surface area contributed by atoms with E-state index in [1.807, 2.05) is 48.5 Å². The van der Waals surface area contributed by atoms with Crippen LogP contribution in [0.3, 0.4) is 0 Å². The highest BCUT2D eigenvalue weighted by Gasteiger charge is 2.22. The van der Waals surface area contributed by atoms with Gasteiger partial charge in [0.1, 0.15) is 11.5 Å². The van der Waals surface area contributed by atoms with Gasteiger partial charge in [-0.1, -0.05) is 66.7 Å². The molecule has 10 aromatic rings. The molecule has 4 heterocycles. The third kappa shape index (κ3) is 4.13. The van der Waals surface area contributed by atoms with Gasteiger partial charge in [-0.25, -0.2) is 4.98 Å². The van der Waals surface area contributed by atoms with E-state index in [0.29, 0.717) is 17.6 Å². The topological polar surface area (TPSA) is 66.5 Å². The molecule has 4 aromatic heterocycles. The van der Waals surface area contributed by atoms with Gasteiger partial charge in [0.15, 0.2) is 11.6 Å². The first-order valence-electron chi connectivity index (χ1n) is 16.5. The van der Waals surface area contributed by atoms with Crippen LogP contribution in [-0.2, 0) is 0 Å². The van der Waals surface area contributed by atoms with Crippen LogP contribution in [0.15, 0.2) is 140 Å². The Kier molecular flexibility index (Phi) is 6.17. The smallest absolute Gasteiger partial charge is 0.238 e. The molecule has 0 aliphatic rings. The molecule has 0 aliphatic heterocycles. The van der Waals surface area contributed by atoms with E-state index in [4.69, 9.17) is 24.4 Å². The van der Waals surface area contributed by atoms with Crippen LogP contribution in [0.1, 0.15) is 0 Å². The molecule has 6 aromatic carbocycles. The van der Waals surface area contributed by atoms with Crippen molar-refractivity contribution in [2.24, 2.45) is 0 Å². The fourth-order valence-electron chi connectivity index (χ4n) is 7.45. The lowest BCUT2D eigenvalue weighted by Crippen LogP contribution is -2.06. The van der Waals surface area contributed by atoms with Crippen LogP contribution in [-0.4, -0.2) is 38.1 Å². The molecular formula is C43H29N5O2. The Bertz CT molecular complexity index is 2880. The average Bonchev–Trinajstić information content (AvgIpc) is 3.74. The molecule has 0 unspecified atom stereocenters. The predicted molar refractivity (Wildman–Crippen MR) is 202 cm³/mol. The largest absolute Gasteiger partial charge is 0.497 e. The number of nitrogens with zero attached hydrogens (tertiary/aromatic N) is 5. The average molecular weight is 648 g/mol. The number of fused-ring (bicyclic) bond motifs is 12. The van der Waals surface area contributed by atoms with Gasteiger partial charge in [-0.15, -0.1) is 0 Å². The van der Waals surface area contributed by atoms with Crippen molar-refractivity contribution in [2.75, 3.05) is 14.2 Å². The molecule has 0 fully saturated rings. The number of aromatic nitrogens is 5. The summed E-state index contributed by atoms with van der Waals surface area (Å²) in [5.74, 6) is 3.22. The van der Waals surface area contributed by atoms with Crippen LogP contribution in [0.25, 0.3) is 88.6 Å². The third-order valence-electron chi connectivity index (χ3n) is 9.76. The Morgan fingerprint density at radius 1 is 0.460 bits per heavy atom. The van der Waals surface area contributed by atoms with E-state index >= 15 is 0 Å². The van der Waals surface area contributed by atoms with E-state index in [1.54, 1.807) is 14.2 Å². The van der Waals surface area contributed by atoms with Gasteiger partial charge < -0.3 is 13.9 Å². The van der Waals surface area contributed by atoms with Crippen molar-refractivity contribution >= 4 is 59.9 Å². The number of methoxy groups -OCH3 is 2. The lowest BCUT2D eigenvalue weighted by atomic mass is 10.1. The molecule has 7 nitrogen and oxygen atoms in total. The van der Waals surface area contributed by atoms with E-state index in [2.05, 4.69) is 100.0 Å². The van der Waals surface area contributed by atoms with E-state index in [0.717, 1.165) is 49.9 Å². The van der Waals surface area contributed by atoms with Crippen molar-refractivity contribution in [3.8, 4) is 40.2 Å². The summed E-state index contributed by atoms with van der Waals surface area (Å²) in [4.78, 5) is 15.3. The fraction of sp³-hybridized carbons (Fsp3) is 0.0465. The summed E-state index contributed by atoms with van der Waals surface area (Å²) in [6.45, 7) is 0. The van der Waals surface area contributed by atoms with Crippen molar-refractivity contribution in [1.29, 1.82) is 0 Å².